The number of nitrogens with zero attached hydrogens (tertiary/aromatic N) is 2. The van der Waals surface area contributed by atoms with Gasteiger partial charge in [0.05, 0.1) is 5.69 Å². The minimum Gasteiger partial charge on any atom is -0.311 e. The number of carbonyl (C=O) groups is 1. The van der Waals surface area contributed by atoms with Crippen molar-refractivity contribution in [1.29, 1.82) is 0 Å². The van der Waals surface area contributed by atoms with E-state index in [1.165, 1.54) is 0 Å². The van der Waals surface area contributed by atoms with Crippen molar-refractivity contribution in [1.82, 2.24) is 0 Å². The summed E-state index contributed by atoms with van der Waals surface area (Å²) in [5.41, 5.74) is 1.89. The lowest BCUT2D eigenvalue weighted by molar-refractivity contribution is -0.487. The van der Waals surface area contributed by atoms with Crippen LogP contribution in [0.4, 0.5) is 5.69 Å². The molecule has 2 heterocycles. The van der Waals surface area contributed by atoms with Crippen molar-refractivity contribution in [2.45, 2.75) is 25.2 Å². The van der Waals surface area contributed by atoms with E-state index >= 15 is 0 Å². The van der Waals surface area contributed by atoms with Crippen molar-refractivity contribution in [3.63, 3.8) is 0 Å². The Bertz CT molecular complexity index is 555. The molecule has 2 aliphatic heterocycles. The second kappa shape index (κ2) is 3.54. The maximum atomic E-state index is 12.5. The van der Waals surface area contributed by atoms with Crippen LogP contribution in [0.2, 0.25) is 0 Å². The molecular weight excluding hydrogens is 232 g/mol. The lowest BCUT2D eigenvalue weighted by Gasteiger charge is -2.25. The van der Waals surface area contributed by atoms with Crippen LogP contribution in [0, 0.1) is 10.1 Å². The van der Waals surface area contributed by atoms with E-state index in [-0.39, 0.29) is 12.5 Å². The highest BCUT2D eigenvalue weighted by atomic mass is 16.6. The monoisotopic (exact) mass is 246 g/mol. The number of hydrogen-bond acceptors (Lipinski definition) is 3. The van der Waals surface area contributed by atoms with Gasteiger partial charge in [0, 0.05) is 11.5 Å². The Kier molecular flexibility index (Phi) is 2.20. The number of nitro groups is 1. The summed E-state index contributed by atoms with van der Waals surface area (Å²) in [6, 6.07) is 5.76. The van der Waals surface area contributed by atoms with Gasteiger partial charge in [-0.25, -0.2) is 0 Å². The molecule has 5 nitrogen and oxygen atoms in total. The molecule has 0 bridgehead atoms. The first-order chi connectivity index (χ1) is 8.54. The molecule has 5 heteroatoms. The minimum absolute atomic E-state index is 0.124. The second-order valence-corrected chi connectivity index (χ2v) is 5.20. The van der Waals surface area contributed by atoms with Gasteiger partial charge in [0.25, 0.3) is 0 Å². The highest BCUT2D eigenvalue weighted by Gasteiger charge is 2.52. The van der Waals surface area contributed by atoms with Gasteiger partial charge in [-0.15, -0.1) is 0 Å². The molecule has 2 aliphatic rings. The normalized spacial score (nSPS) is 25.2. The van der Waals surface area contributed by atoms with Crippen molar-refractivity contribution >= 4 is 11.6 Å². The van der Waals surface area contributed by atoms with Gasteiger partial charge in [-0.05, 0) is 30.9 Å². The lowest BCUT2D eigenvalue weighted by atomic mass is 9.83. The van der Waals surface area contributed by atoms with Crippen LogP contribution in [-0.4, -0.2) is 23.9 Å². The van der Waals surface area contributed by atoms with Gasteiger partial charge >= 0.3 is 0 Å². The van der Waals surface area contributed by atoms with Crippen molar-refractivity contribution in [2.75, 3.05) is 18.0 Å². The van der Waals surface area contributed by atoms with Crippen LogP contribution < -0.4 is 4.90 Å². The average molecular weight is 246 g/mol. The van der Waals surface area contributed by atoms with E-state index in [2.05, 4.69) is 0 Å². The summed E-state index contributed by atoms with van der Waals surface area (Å²) >= 11 is 0. The molecule has 1 atom stereocenters. The number of anilines is 1. The summed E-state index contributed by atoms with van der Waals surface area (Å²) in [6.07, 6.45) is 1.87. The lowest BCUT2D eigenvalue weighted by Crippen LogP contribution is -2.43. The molecule has 3 rings (SSSR count). The molecule has 0 aromatic heterocycles. The van der Waals surface area contributed by atoms with Crippen LogP contribution in [0.3, 0.4) is 0 Å². The molecule has 1 aromatic carbocycles. The summed E-state index contributed by atoms with van der Waals surface area (Å²) in [7, 11) is 0. The van der Waals surface area contributed by atoms with E-state index in [9.17, 15) is 14.9 Å². The highest BCUT2D eigenvalue weighted by Crippen LogP contribution is 2.45. The molecule has 18 heavy (non-hydrogen) atoms. The first kappa shape index (κ1) is 11.2. The number of benzene rings is 1. The Hall–Kier alpha value is -1.91. The maximum absolute atomic E-state index is 12.5. The SMILES string of the molecule is CC1(C[N+](=O)[O-])C(=O)N2CCCc3cccc1c32. The molecule has 1 unspecified atom stereocenters. The fraction of sp³-hybridized carbons (Fsp3) is 0.462. The third kappa shape index (κ3) is 1.30. The van der Waals surface area contributed by atoms with E-state index in [1.807, 2.05) is 18.2 Å². The summed E-state index contributed by atoms with van der Waals surface area (Å²) < 4.78 is 0. The molecule has 0 aliphatic carbocycles. The van der Waals surface area contributed by atoms with Crippen LogP contribution >= 0.6 is 0 Å². The second-order valence-electron chi connectivity index (χ2n) is 5.20. The van der Waals surface area contributed by atoms with Crippen LogP contribution in [0.1, 0.15) is 24.5 Å². The summed E-state index contributed by atoms with van der Waals surface area (Å²) in [6.45, 7) is 2.03. The quantitative estimate of drug-likeness (QED) is 0.587. The molecular formula is C13H14N2O3. The topological polar surface area (TPSA) is 63.5 Å². The molecule has 1 aromatic rings. The zero-order chi connectivity index (χ0) is 12.9. The zero-order valence-corrected chi connectivity index (χ0v) is 10.2. The highest BCUT2D eigenvalue weighted by molar-refractivity contribution is 6.09. The Morgan fingerprint density at radius 1 is 1.50 bits per heavy atom. The first-order valence-corrected chi connectivity index (χ1v) is 6.10. The Morgan fingerprint density at radius 2 is 2.28 bits per heavy atom. The number of rotatable bonds is 2. The number of carbonyl (C=O) groups excluding carboxylic acids is 1. The molecule has 1 amide bonds. The Morgan fingerprint density at radius 3 is 3.00 bits per heavy atom. The predicted molar refractivity (Wildman–Crippen MR) is 66.3 cm³/mol. The van der Waals surface area contributed by atoms with Crippen LogP contribution in [0.15, 0.2) is 18.2 Å². The Balaban J connectivity index is 2.20. The van der Waals surface area contributed by atoms with Gasteiger partial charge in [0.1, 0.15) is 5.41 Å². The largest absolute Gasteiger partial charge is 0.311 e. The van der Waals surface area contributed by atoms with Crippen molar-refractivity contribution in [3.8, 4) is 0 Å². The third-order valence-electron chi connectivity index (χ3n) is 3.97. The number of aryl methyl sites for hydroxylation is 1. The van der Waals surface area contributed by atoms with Crippen molar-refractivity contribution in [2.24, 2.45) is 0 Å². The van der Waals surface area contributed by atoms with Gasteiger partial charge in [-0.3, -0.25) is 14.9 Å². The smallest absolute Gasteiger partial charge is 0.244 e. The fourth-order valence-corrected chi connectivity index (χ4v) is 3.12. The summed E-state index contributed by atoms with van der Waals surface area (Å²) in [5, 5.41) is 10.8. The van der Waals surface area contributed by atoms with Crippen LogP contribution in [0.5, 0.6) is 0 Å². The van der Waals surface area contributed by atoms with Gasteiger partial charge in [-0.2, -0.15) is 0 Å². The Labute approximate surface area is 105 Å². The van der Waals surface area contributed by atoms with E-state index < -0.39 is 10.3 Å². The van der Waals surface area contributed by atoms with Gasteiger partial charge < -0.3 is 4.90 Å². The summed E-state index contributed by atoms with van der Waals surface area (Å²) in [5.74, 6) is -0.124. The van der Waals surface area contributed by atoms with Gasteiger partial charge in [-0.1, -0.05) is 18.2 Å². The van der Waals surface area contributed by atoms with Crippen molar-refractivity contribution < 1.29 is 9.72 Å². The zero-order valence-electron chi connectivity index (χ0n) is 10.2. The van der Waals surface area contributed by atoms with E-state index in [1.54, 1.807) is 11.8 Å². The average Bonchev–Trinajstić information content (AvgIpc) is 2.54. The minimum atomic E-state index is -1.00. The third-order valence-corrected chi connectivity index (χ3v) is 3.97. The number of hydrogen-bond donors (Lipinski definition) is 0. The van der Waals surface area contributed by atoms with Crippen molar-refractivity contribution in [3.05, 3.63) is 39.4 Å². The van der Waals surface area contributed by atoms with Crippen LogP contribution in [0.25, 0.3) is 0 Å². The molecule has 0 radical (unpaired) electrons. The molecule has 94 valence electrons. The fourth-order valence-electron chi connectivity index (χ4n) is 3.12. The maximum Gasteiger partial charge on any atom is 0.244 e. The van der Waals surface area contributed by atoms with Gasteiger partial charge in [0.15, 0.2) is 0 Å². The predicted octanol–water partition coefficient (Wildman–Crippen LogP) is 1.51. The standard InChI is InChI=1S/C13H14N2O3/c1-13(8-15(17)18)10-6-2-4-9-5-3-7-14(11(9)10)12(13)16/h2,4,6H,3,5,7-8H2,1H3. The molecule has 0 N–H and O–H groups in total. The molecule has 0 spiro atoms. The number of amides is 1. The van der Waals surface area contributed by atoms with Gasteiger partial charge in [0.2, 0.25) is 12.5 Å². The first-order valence-electron chi connectivity index (χ1n) is 6.10. The summed E-state index contributed by atoms with van der Waals surface area (Å²) in [4.78, 5) is 24.6. The number of para-hydroxylation sites is 1. The van der Waals surface area contributed by atoms with E-state index in [0.29, 0.717) is 6.54 Å². The molecule has 0 saturated heterocycles. The van der Waals surface area contributed by atoms with E-state index in [0.717, 1.165) is 29.7 Å². The molecule has 0 saturated carbocycles. The van der Waals surface area contributed by atoms with E-state index in [4.69, 9.17) is 0 Å². The van der Waals surface area contributed by atoms with Crippen LogP contribution in [-0.2, 0) is 16.6 Å². The molecule has 0 fully saturated rings.